The minimum atomic E-state index is -0.737. The molecule has 0 bridgehead atoms. The van der Waals surface area contributed by atoms with Gasteiger partial charge in [-0.15, -0.1) is 0 Å². The number of rotatable bonds is 3. The van der Waals surface area contributed by atoms with Crippen LogP contribution >= 0.6 is 0 Å². The summed E-state index contributed by atoms with van der Waals surface area (Å²) in [7, 11) is 1.61. The average molecular weight is 265 g/mol. The Bertz CT molecular complexity index is 734. The summed E-state index contributed by atoms with van der Waals surface area (Å²) in [4.78, 5) is 4.32. The van der Waals surface area contributed by atoms with Gasteiger partial charge >= 0.3 is 0 Å². The number of hydrogen-bond acceptors (Lipinski definition) is 3. The Balaban J connectivity index is 2.15. The maximum atomic E-state index is 10.7. The van der Waals surface area contributed by atoms with E-state index in [2.05, 4.69) is 4.98 Å². The Morgan fingerprint density at radius 2 is 1.70 bits per heavy atom. The maximum Gasteiger partial charge on any atom is 0.125 e. The van der Waals surface area contributed by atoms with Crippen molar-refractivity contribution in [1.82, 2.24) is 4.98 Å². The zero-order valence-corrected chi connectivity index (χ0v) is 11.2. The van der Waals surface area contributed by atoms with Crippen LogP contribution in [0.3, 0.4) is 0 Å². The van der Waals surface area contributed by atoms with Gasteiger partial charge in [0.25, 0.3) is 0 Å². The molecule has 3 heteroatoms. The SMILES string of the molecule is COc1ccccc1C(O)c1ccnc2ccccc12. The van der Waals surface area contributed by atoms with Gasteiger partial charge < -0.3 is 9.84 Å². The van der Waals surface area contributed by atoms with Crippen molar-refractivity contribution in [3.63, 3.8) is 0 Å². The van der Waals surface area contributed by atoms with Gasteiger partial charge in [-0.3, -0.25) is 4.98 Å². The Labute approximate surface area is 117 Å². The van der Waals surface area contributed by atoms with Gasteiger partial charge in [0, 0.05) is 17.1 Å². The number of aliphatic hydroxyl groups excluding tert-OH is 1. The van der Waals surface area contributed by atoms with E-state index < -0.39 is 6.10 Å². The molecular formula is C17H15NO2. The molecule has 3 rings (SSSR count). The lowest BCUT2D eigenvalue weighted by Gasteiger charge is -2.16. The van der Waals surface area contributed by atoms with Crippen LogP contribution in [0.25, 0.3) is 10.9 Å². The second-order valence-corrected chi connectivity index (χ2v) is 4.56. The monoisotopic (exact) mass is 265 g/mol. The number of nitrogens with zero attached hydrogens (tertiary/aromatic N) is 1. The van der Waals surface area contributed by atoms with Crippen LogP contribution in [0.2, 0.25) is 0 Å². The molecule has 0 aliphatic carbocycles. The minimum Gasteiger partial charge on any atom is -0.496 e. The first kappa shape index (κ1) is 12.6. The second kappa shape index (κ2) is 5.31. The van der Waals surface area contributed by atoms with Gasteiger partial charge in [0.15, 0.2) is 0 Å². The van der Waals surface area contributed by atoms with Gasteiger partial charge in [0.05, 0.1) is 12.6 Å². The van der Waals surface area contributed by atoms with Crippen molar-refractivity contribution < 1.29 is 9.84 Å². The molecule has 0 spiro atoms. The highest BCUT2D eigenvalue weighted by atomic mass is 16.5. The lowest BCUT2D eigenvalue weighted by Crippen LogP contribution is -2.03. The van der Waals surface area contributed by atoms with E-state index in [9.17, 15) is 5.11 Å². The smallest absolute Gasteiger partial charge is 0.125 e. The van der Waals surface area contributed by atoms with Crippen LogP contribution < -0.4 is 4.74 Å². The summed E-state index contributed by atoms with van der Waals surface area (Å²) in [5.74, 6) is 0.681. The van der Waals surface area contributed by atoms with Crippen LogP contribution in [0.5, 0.6) is 5.75 Å². The van der Waals surface area contributed by atoms with Crippen LogP contribution in [0.15, 0.2) is 60.8 Å². The third-order valence-corrected chi connectivity index (χ3v) is 3.41. The highest BCUT2D eigenvalue weighted by molar-refractivity contribution is 5.82. The predicted molar refractivity (Wildman–Crippen MR) is 78.8 cm³/mol. The van der Waals surface area contributed by atoms with Gasteiger partial charge in [0.1, 0.15) is 11.9 Å². The number of methoxy groups -OCH3 is 1. The molecule has 1 N–H and O–H groups in total. The molecule has 2 aromatic carbocycles. The molecule has 1 aromatic heterocycles. The summed E-state index contributed by atoms with van der Waals surface area (Å²) >= 11 is 0. The third kappa shape index (κ3) is 2.12. The Hall–Kier alpha value is -2.39. The molecule has 20 heavy (non-hydrogen) atoms. The zero-order chi connectivity index (χ0) is 13.9. The summed E-state index contributed by atoms with van der Waals surface area (Å²) in [6.07, 6.45) is 0.982. The van der Waals surface area contributed by atoms with E-state index in [1.54, 1.807) is 13.3 Å². The molecule has 3 nitrogen and oxygen atoms in total. The summed E-state index contributed by atoms with van der Waals surface area (Å²) in [6.45, 7) is 0. The van der Waals surface area contributed by atoms with Crippen molar-refractivity contribution in [1.29, 1.82) is 0 Å². The molecule has 1 atom stereocenters. The molecular weight excluding hydrogens is 250 g/mol. The molecule has 1 heterocycles. The van der Waals surface area contributed by atoms with Crippen LogP contribution in [0.1, 0.15) is 17.2 Å². The molecule has 100 valence electrons. The van der Waals surface area contributed by atoms with Crippen molar-refractivity contribution in [3.05, 3.63) is 71.9 Å². The molecule has 0 fully saturated rings. The van der Waals surface area contributed by atoms with Gasteiger partial charge in [-0.2, -0.15) is 0 Å². The van der Waals surface area contributed by atoms with Crippen molar-refractivity contribution in [2.24, 2.45) is 0 Å². The molecule has 0 aliphatic rings. The number of hydrogen-bond donors (Lipinski definition) is 1. The topological polar surface area (TPSA) is 42.4 Å². The van der Waals surface area contributed by atoms with Gasteiger partial charge in [-0.05, 0) is 23.8 Å². The van der Waals surface area contributed by atoms with Gasteiger partial charge in [0.2, 0.25) is 0 Å². The van der Waals surface area contributed by atoms with Crippen LogP contribution in [-0.4, -0.2) is 17.2 Å². The quantitative estimate of drug-likeness (QED) is 0.790. The van der Waals surface area contributed by atoms with E-state index in [1.165, 1.54) is 0 Å². The Morgan fingerprint density at radius 1 is 0.950 bits per heavy atom. The first-order chi connectivity index (χ1) is 9.81. The average Bonchev–Trinajstić information content (AvgIpc) is 2.53. The van der Waals surface area contributed by atoms with E-state index in [0.717, 1.165) is 22.0 Å². The fourth-order valence-electron chi connectivity index (χ4n) is 2.42. The fraction of sp³-hybridized carbons (Fsp3) is 0.118. The predicted octanol–water partition coefficient (Wildman–Crippen LogP) is 3.33. The summed E-state index contributed by atoms with van der Waals surface area (Å²) in [5, 5.41) is 11.6. The normalized spacial score (nSPS) is 12.3. The number of fused-ring (bicyclic) bond motifs is 1. The van der Waals surface area contributed by atoms with E-state index >= 15 is 0 Å². The van der Waals surface area contributed by atoms with Crippen molar-refractivity contribution in [3.8, 4) is 5.75 Å². The molecule has 0 amide bonds. The summed E-state index contributed by atoms with van der Waals surface area (Å²) in [5.41, 5.74) is 2.46. The van der Waals surface area contributed by atoms with Crippen molar-refractivity contribution >= 4 is 10.9 Å². The first-order valence-corrected chi connectivity index (χ1v) is 6.46. The number of ether oxygens (including phenoxy) is 1. The van der Waals surface area contributed by atoms with E-state index in [1.807, 2.05) is 54.6 Å². The number of aromatic nitrogens is 1. The van der Waals surface area contributed by atoms with Gasteiger partial charge in [-0.1, -0.05) is 36.4 Å². The Kier molecular flexibility index (Phi) is 3.35. The number of pyridine rings is 1. The fourth-order valence-corrected chi connectivity index (χ4v) is 2.42. The number of aliphatic hydroxyl groups is 1. The highest BCUT2D eigenvalue weighted by Crippen LogP contribution is 2.32. The standard InChI is InChI=1S/C17H15NO2/c1-20-16-9-5-3-7-14(16)17(19)13-10-11-18-15-8-4-2-6-12(13)15/h2-11,17,19H,1H3. The highest BCUT2D eigenvalue weighted by Gasteiger charge is 2.17. The molecule has 0 saturated heterocycles. The van der Waals surface area contributed by atoms with E-state index in [0.29, 0.717) is 5.75 Å². The zero-order valence-electron chi connectivity index (χ0n) is 11.2. The van der Waals surface area contributed by atoms with Crippen LogP contribution in [0.4, 0.5) is 0 Å². The summed E-state index contributed by atoms with van der Waals surface area (Å²) in [6, 6.07) is 17.1. The van der Waals surface area contributed by atoms with E-state index in [4.69, 9.17) is 4.74 Å². The number of benzene rings is 2. The lowest BCUT2D eigenvalue weighted by atomic mass is 9.97. The molecule has 3 aromatic rings. The lowest BCUT2D eigenvalue weighted by molar-refractivity contribution is 0.216. The molecule has 0 aliphatic heterocycles. The maximum absolute atomic E-state index is 10.7. The van der Waals surface area contributed by atoms with Crippen LogP contribution in [0, 0.1) is 0 Å². The van der Waals surface area contributed by atoms with Crippen molar-refractivity contribution in [2.75, 3.05) is 7.11 Å². The van der Waals surface area contributed by atoms with Gasteiger partial charge in [-0.25, -0.2) is 0 Å². The van der Waals surface area contributed by atoms with E-state index in [-0.39, 0.29) is 0 Å². The third-order valence-electron chi connectivity index (χ3n) is 3.41. The minimum absolute atomic E-state index is 0.681. The number of para-hydroxylation sites is 2. The second-order valence-electron chi connectivity index (χ2n) is 4.56. The summed E-state index contributed by atoms with van der Waals surface area (Å²) < 4.78 is 5.32. The molecule has 0 saturated carbocycles. The van der Waals surface area contributed by atoms with Crippen molar-refractivity contribution in [2.45, 2.75) is 6.10 Å². The Morgan fingerprint density at radius 3 is 2.55 bits per heavy atom. The largest absolute Gasteiger partial charge is 0.496 e. The first-order valence-electron chi connectivity index (χ1n) is 6.46. The molecule has 0 radical (unpaired) electrons. The molecule has 1 unspecified atom stereocenters. The van der Waals surface area contributed by atoms with Crippen LogP contribution in [-0.2, 0) is 0 Å².